The third-order valence-electron chi connectivity index (χ3n) is 3.37. The molecule has 1 N–H and O–H groups in total. The molecule has 0 radical (unpaired) electrons. The maximum atomic E-state index is 13.7. The first-order valence-corrected chi connectivity index (χ1v) is 8.54. The van der Waals surface area contributed by atoms with E-state index in [9.17, 15) is 14.0 Å². The van der Waals surface area contributed by atoms with E-state index in [0.29, 0.717) is 21.5 Å². The lowest BCUT2D eigenvalue weighted by molar-refractivity contribution is -0.142. The van der Waals surface area contributed by atoms with Crippen molar-refractivity contribution in [1.82, 2.24) is 0 Å². The predicted molar refractivity (Wildman–Crippen MR) is 102 cm³/mol. The zero-order chi connectivity index (χ0) is 19.8. The van der Waals surface area contributed by atoms with Gasteiger partial charge in [0.1, 0.15) is 5.82 Å². The number of halogens is 2. The van der Waals surface area contributed by atoms with Gasteiger partial charge in [0, 0.05) is 10.5 Å². The van der Waals surface area contributed by atoms with Crippen LogP contribution in [-0.4, -0.2) is 32.7 Å². The molecule has 0 aliphatic carbocycles. The van der Waals surface area contributed by atoms with Crippen molar-refractivity contribution in [3.63, 3.8) is 0 Å². The highest BCUT2D eigenvalue weighted by Crippen LogP contribution is 2.28. The zero-order valence-corrected chi connectivity index (χ0v) is 16.2. The van der Waals surface area contributed by atoms with Crippen molar-refractivity contribution >= 4 is 39.6 Å². The van der Waals surface area contributed by atoms with Crippen molar-refractivity contribution in [3.05, 3.63) is 58.3 Å². The second-order valence-electron chi connectivity index (χ2n) is 5.23. The van der Waals surface area contributed by atoms with Crippen molar-refractivity contribution in [2.45, 2.75) is 0 Å². The fourth-order valence-electron chi connectivity index (χ4n) is 2.08. The Balaban J connectivity index is 1.88. The second kappa shape index (κ2) is 9.72. The van der Waals surface area contributed by atoms with E-state index in [4.69, 9.17) is 14.2 Å². The molecule has 2 aromatic rings. The lowest BCUT2D eigenvalue weighted by Crippen LogP contribution is -2.20. The summed E-state index contributed by atoms with van der Waals surface area (Å²) in [6, 6.07) is 9.31. The maximum absolute atomic E-state index is 13.7. The molecule has 0 aromatic heterocycles. The van der Waals surface area contributed by atoms with Crippen LogP contribution in [0.15, 0.2) is 46.9 Å². The Bertz CT molecular complexity index is 869. The summed E-state index contributed by atoms with van der Waals surface area (Å²) < 4.78 is 29.3. The second-order valence-corrected chi connectivity index (χ2v) is 6.14. The molecule has 0 unspecified atom stereocenters. The van der Waals surface area contributed by atoms with Crippen molar-refractivity contribution < 1.29 is 28.2 Å². The number of nitrogens with one attached hydrogen (secondary N) is 1. The van der Waals surface area contributed by atoms with Crippen LogP contribution in [0, 0.1) is 5.82 Å². The van der Waals surface area contributed by atoms with Gasteiger partial charge in [-0.05, 0) is 42.0 Å². The summed E-state index contributed by atoms with van der Waals surface area (Å²) >= 11 is 3.12. The van der Waals surface area contributed by atoms with Gasteiger partial charge >= 0.3 is 5.97 Å². The molecule has 0 saturated heterocycles. The van der Waals surface area contributed by atoms with E-state index < -0.39 is 24.3 Å². The van der Waals surface area contributed by atoms with Crippen molar-refractivity contribution in [1.29, 1.82) is 0 Å². The van der Waals surface area contributed by atoms with Crippen LogP contribution >= 0.6 is 15.9 Å². The molecule has 2 rings (SSSR count). The smallest absolute Gasteiger partial charge is 0.331 e. The molecule has 0 atom stereocenters. The molecule has 0 heterocycles. The number of esters is 1. The summed E-state index contributed by atoms with van der Waals surface area (Å²) in [6.45, 7) is -0.537. The molecule has 142 valence electrons. The maximum Gasteiger partial charge on any atom is 0.331 e. The number of anilines is 1. The fraction of sp³-hybridized carbons (Fsp3) is 0.158. The highest BCUT2D eigenvalue weighted by atomic mass is 79.9. The van der Waals surface area contributed by atoms with Crippen LogP contribution in [0.3, 0.4) is 0 Å². The Hall–Kier alpha value is -2.87. The summed E-state index contributed by atoms with van der Waals surface area (Å²) in [4.78, 5) is 23.5. The van der Waals surface area contributed by atoms with E-state index in [0.717, 1.165) is 0 Å². The van der Waals surface area contributed by atoms with E-state index in [-0.39, 0.29) is 5.69 Å². The van der Waals surface area contributed by atoms with E-state index >= 15 is 0 Å². The van der Waals surface area contributed by atoms with Crippen LogP contribution in [0.2, 0.25) is 0 Å². The molecule has 0 fully saturated rings. The third kappa shape index (κ3) is 6.10. The number of carbonyl (C=O) groups is 2. The van der Waals surface area contributed by atoms with Gasteiger partial charge in [0.15, 0.2) is 18.1 Å². The number of ether oxygens (including phenoxy) is 3. The molecule has 2 aromatic carbocycles. The Morgan fingerprint density at radius 2 is 1.85 bits per heavy atom. The number of rotatable bonds is 7. The molecule has 0 spiro atoms. The molecule has 1 amide bonds. The normalized spacial score (nSPS) is 10.5. The Kier molecular flexibility index (Phi) is 7.36. The number of amides is 1. The van der Waals surface area contributed by atoms with Crippen LogP contribution in [0.1, 0.15) is 5.56 Å². The molecule has 6 nitrogen and oxygen atoms in total. The summed E-state index contributed by atoms with van der Waals surface area (Å²) in [5, 5.41) is 2.33. The zero-order valence-electron chi connectivity index (χ0n) is 14.6. The number of hydrogen-bond acceptors (Lipinski definition) is 5. The van der Waals surface area contributed by atoms with Gasteiger partial charge in [-0.15, -0.1) is 0 Å². The molecule has 27 heavy (non-hydrogen) atoms. The molecule has 0 saturated carbocycles. The van der Waals surface area contributed by atoms with E-state index in [2.05, 4.69) is 21.2 Å². The molecule has 0 bridgehead atoms. The minimum absolute atomic E-state index is 0.000110. The van der Waals surface area contributed by atoms with Gasteiger partial charge in [0.2, 0.25) is 0 Å². The summed E-state index contributed by atoms with van der Waals surface area (Å²) in [7, 11) is 3.03. The molecule has 0 aliphatic heterocycles. The number of benzene rings is 2. The monoisotopic (exact) mass is 437 g/mol. The minimum atomic E-state index is -0.712. The van der Waals surface area contributed by atoms with Crippen LogP contribution in [0.5, 0.6) is 11.5 Å². The van der Waals surface area contributed by atoms with Crippen molar-refractivity contribution in [2.75, 3.05) is 26.1 Å². The Morgan fingerprint density at radius 1 is 1.11 bits per heavy atom. The number of hydrogen-bond donors (Lipinski definition) is 1. The minimum Gasteiger partial charge on any atom is -0.493 e. The first-order valence-electron chi connectivity index (χ1n) is 7.74. The van der Waals surface area contributed by atoms with Crippen molar-refractivity contribution in [3.8, 4) is 11.5 Å². The van der Waals surface area contributed by atoms with Gasteiger partial charge in [0.25, 0.3) is 5.91 Å². The van der Waals surface area contributed by atoms with Gasteiger partial charge in [-0.1, -0.05) is 22.0 Å². The quantitative estimate of drug-likeness (QED) is 0.526. The van der Waals surface area contributed by atoms with Crippen LogP contribution in [0.25, 0.3) is 6.08 Å². The van der Waals surface area contributed by atoms with Gasteiger partial charge in [0.05, 0.1) is 19.9 Å². The average Bonchev–Trinajstić information content (AvgIpc) is 2.66. The van der Waals surface area contributed by atoms with Crippen molar-refractivity contribution in [2.24, 2.45) is 0 Å². The van der Waals surface area contributed by atoms with Crippen LogP contribution in [-0.2, 0) is 14.3 Å². The lowest BCUT2D eigenvalue weighted by Gasteiger charge is -2.08. The number of carbonyl (C=O) groups excluding carboxylic acids is 2. The van der Waals surface area contributed by atoms with Gasteiger partial charge < -0.3 is 19.5 Å². The van der Waals surface area contributed by atoms with Crippen LogP contribution in [0.4, 0.5) is 10.1 Å². The first kappa shape index (κ1) is 20.4. The topological polar surface area (TPSA) is 73.9 Å². The summed E-state index contributed by atoms with van der Waals surface area (Å²) in [5.74, 6) is -0.879. The van der Waals surface area contributed by atoms with E-state index in [1.807, 2.05) is 0 Å². The Labute approximate surface area is 164 Å². The molecule has 8 heteroatoms. The SMILES string of the molecule is COc1ccc(/C=C/C(=O)OCC(=O)Nc2ccc(Br)cc2F)cc1OC. The van der Waals surface area contributed by atoms with Gasteiger partial charge in [-0.2, -0.15) is 0 Å². The largest absolute Gasteiger partial charge is 0.493 e. The summed E-state index contributed by atoms with van der Waals surface area (Å²) in [5.41, 5.74) is 0.686. The average molecular weight is 438 g/mol. The highest BCUT2D eigenvalue weighted by Gasteiger charge is 2.09. The fourth-order valence-corrected chi connectivity index (χ4v) is 2.42. The predicted octanol–water partition coefficient (Wildman–Crippen LogP) is 3.80. The first-order chi connectivity index (χ1) is 12.9. The third-order valence-corrected chi connectivity index (χ3v) is 3.86. The van der Waals surface area contributed by atoms with Gasteiger partial charge in [-0.3, -0.25) is 4.79 Å². The van der Waals surface area contributed by atoms with E-state index in [1.165, 1.54) is 38.5 Å². The molecular formula is C19H17BrFNO5. The molecular weight excluding hydrogens is 421 g/mol. The van der Waals surface area contributed by atoms with Gasteiger partial charge in [-0.25, -0.2) is 9.18 Å². The highest BCUT2D eigenvalue weighted by molar-refractivity contribution is 9.10. The standard InChI is InChI=1S/C19H17BrFNO5/c1-25-16-7-3-12(9-17(16)26-2)4-8-19(24)27-11-18(23)22-15-6-5-13(20)10-14(15)21/h3-10H,11H2,1-2H3,(H,22,23)/b8-4+. The number of methoxy groups -OCH3 is 2. The van der Waals surface area contributed by atoms with Crippen LogP contribution < -0.4 is 14.8 Å². The van der Waals surface area contributed by atoms with E-state index in [1.54, 1.807) is 24.3 Å². The lowest BCUT2D eigenvalue weighted by atomic mass is 10.2. The Morgan fingerprint density at radius 3 is 2.52 bits per heavy atom. The molecule has 0 aliphatic rings. The summed E-state index contributed by atoms with van der Waals surface area (Å²) in [6.07, 6.45) is 2.69.